The molecular weight excluding hydrogens is 322 g/mol. The molecule has 3 heteroatoms. The van der Waals surface area contributed by atoms with Crippen molar-refractivity contribution in [2.45, 2.75) is 26.3 Å². The maximum absolute atomic E-state index is 6.33. The zero-order valence-electron chi connectivity index (χ0n) is 11.1. The number of rotatable bonds is 3. The van der Waals surface area contributed by atoms with Gasteiger partial charge in [-0.25, -0.2) is 0 Å². The van der Waals surface area contributed by atoms with Crippen molar-refractivity contribution in [3.05, 3.63) is 68.1 Å². The van der Waals surface area contributed by atoms with E-state index in [1.165, 1.54) is 16.7 Å². The molecule has 1 atom stereocenters. The molecule has 2 aromatic carbocycles. The van der Waals surface area contributed by atoms with Crippen LogP contribution in [0.4, 0.5) is 0 Å². The van der Waals surface area contributed by atoms with Crippen LogP contribution >= 0.6 is 27.5 Å². The highest BCUT2D eigenvalue weighted by Gasteiger charge is 2.12. The van der Waals surface area contributed by atoms with Gasteiger partial charge in [-0.2, -0.15) is 0 Å². The van der Waals surface area contributed by atoms with E-state index in [0.29, 0.717) is 0 Å². The molecule has 19 heavy (non-hydrogen) atoms. The Morgan fingerprint density at radius 3 is 2.58 bits per heavy atom. The Morgan fingerprint density at radius 2 is 1.89 bits per heavy atom. The fourth-order valence-electron chi connectivity index (χ4n) is 2.19. The lowest BCUT2D eigenvalue weighted by molar-refractivity contribution is 0.716. The molecule has 0 saturated carbocycles. The second-order valence-corrected chi connectivity index (χ2v) is 6.23. The Hall–Kier alpha value is -0.830. The van der Waals surface area contributed by atoms with E-state index in [9.17, 15) is 0 Å². The molecule has 0 bridgehead atoms. The molecule has 0 spiro atoms. The molecule has 0 saturated heterocycles. The van der Waals surface area contributed by atoms with Crippen LogP contribution in [0.15, 0.2) is 40.9 Å². The monoisotopic (exact) mass is 337 g/mol. The van der Waals surface area contributed by atoms with Crippen LogP contribution in [-0.2, 0) is 6.42 Å². The lowest BCUT2D eigenvalue weighted by atomic mass is 9.95. The zero-order chi connectivity index (χ0) is 14.0. The molecule has 0 heterocycles. The highest BCUT2D eigenvalue weighted by Crippen LogP contribution is 2.27. The minimum atomic E-state index is -0.0291. The van der Waals surface area contributed by atoms with E-state index in [0.717, 1.165) is 21.5 Å². The fourth-order valence-corrected chi connectivity index (χ4v) is 2.94. The van der Waals surface area contributed by atoms with E-state index in [1.807, 2.05) is 18.2 Å². The van der Waals surface area contributed by atoms with Crippen molar-refractivity contribution >= 4 is 27.5 Å². The number of halogens is 2. The summed E-state index contributed by atoms with van der Waals surface area (Å²) >= 11 is 9.66. The van der Waals surface area contributed by atoms with Gasteiger partial charge in [-0.15, -0.1) is 0 Å². The minimum absolute atomic E-state index is 0.0291. The third-order valence-corrected chi connectivity index (χ3v) is 4.13. The zero-order valence-corrected chi connectivity index (χ0v) is 13.4. The second-order valence-electron chi connectivity index (χ2n) is 4.91. The van der Waals surface area contributed by atoms with E-state index < -0.39 is 0 Å². The lowest BCUT2D eigenvalue weighted by Crippen LogP contribution is -2.15. The van der Waals surface area contributed by atoms with Crippen molar-refractivity contribution in [1.82, 2.24) is 0 Å². The van der Waals surface area contributed by atoms with Crippen molar-refractivity contribution in [3.63, 3.8) is 0 Å². The summed E-state index contributed by atoms with van der Waals surface area (Å²) in [6.07, 6.45) is 0.746. The molecule has 1 unspecified atom stereocenters. The van der Waals surface area contributed by atoms with Gasteiger partial charge in [0.2, 0.25) is 0 Å². The topological polar surface area (TPSA) is 26.0 Å². The minimum Gasteiger partial charge on any atom is -0.324 e. The second kappa shape index (κ2) is 6.08. The number of hydrogen-bond acceptors (Lipinski definition) is 1. The molecule has 1 nitrogen and oxygen atoms in total. The van der Waals surface area contributed by atoms with Crippen LogP contribution in [0.5, 0.6) is 0 Å². The average Bonchev–Trinajstić information content (AvgIpc) is 2.35. The average molecular weight is 339 g/mol. The smallest absolute Gasteiger partial charge is 0.0449 e. The van der Waals surface area contributed by atoms with Crippen LogP contribution in [0.25, 0.3) is 0 Å². The Balaban J connectivity index is 2.25. The lowest BCUT2D eigenvalue weighted by Gasteiger charge is -2.16. The Bertz CT molecular complexity index is 595. The normalized spacial score (nSPS) is 12.5. The first kappa shape index (κ1) is 14.6. The number of benzene rings is 2. The first-order valence-electron chi connectivity index (χ1n) is 6.24. The van der Waals surface area contributed by atoms with E-state index in [4.69, 9.17) is 17.3 Å². The van der Waals surface area contributed by atoms with Crippen LogP contribution in [0.2, 0.25) is 5.02 Å². The van der Waals surface area contributed by atoms with E-state index in [2.05, 4.69) is 48.0 Å². The molecule has 2 aromatic rings. The third kappa shape index (κ3) is 3.59. The first-order valence-corrected chi connectivity index (χ1v) is 7.41. The van der Waals surface area contributed by atoms with Gasteiger partial charge in [0.25, 0.3) is 0 Å². The number of aryl methyl sites for hydroxylation is 2. The van der Waals surface area contributed by atoms with Crippen LogP contribution in [-0.4, -0.2) is 0 Å². The summed E-state index contributed by atoms with van der Waals surface area (Å²) in [5, 5.41) is 0.759. The number of nitrogens with two attached hydrogens (primary N) is 1. The summed E-state index contributed by atoms with van der Waals surface area (Å²) in [6.45, 7) is 4.18. The van der Waals surface area contributed by atoms with Crippen LogP contribution < -0.4 is 5.73 Å². The van der Waals surface area contributed by atoms with E-state index in [1.54, 1.807) is 0 Å². The molecular formula is C16H17BrClN. The van der Waals surface area contributed by atoms with Gasteiger partial charge in [0.05, 0.1) is 0 Å². The molecule has 0 radical (unpaired) electrons. The highest BCUT2D eigenvalue weighted by molar-refractivity contribution is 9.10. The Kier molecular flexibility index (Phi) is 4.67. The van der Waals surface area contributed by atoms with Gasteiger partial charge in [0, 0.05) is 15.5 Å². The molecule has 100 valence electrons. The molecule has 0 fully saturated rings. The maximum Gasteiger partial charge on any atom is 0.0449 e. The summed E-state index contributed by atoms with van der Waals surface area (Å²) in [7, 11) is 0. The Labute approximate surface area is 127 Å². The number of hydrogen-bond donors (Lipinski definition) is 1. The van der Waals surface area contributed by atoms with E-state index >= 15 is 0 Å². The summed E-state index contributed by atoms with van der Waals surface area (Å²) in [6, 6.07) is 12.3. The van der Waals surface area contributed by atoms with Gasteiger partial charge in [-0.1, -0.05) is 57.4 Å². The van der Waals surface area contributed by atoms with Gasteiger partial charge >= 0.3 is 0 Å². The highest BCUT2D eigenvalue weighted by atomic mass is 79.9. The van der Waals surface area contributed by atoms with Gasteiger partial charge in [0.15, 0.2) is 0 Å². The maximum atomic E-state index is 6.33. The summed E-state index contributed by atoms with van der Waals surface area (Å²) < 4.78 is 0.988. The molecule has 0 aliphatic heterocycles. The standard InChI is InChI=1S/C16H17BrClN/c1-10-3-4-11(2)14(7-10)16(19)8-12-5-6-13(17)9-15(12)18/h3-7,9,16H,8,19H2,1-2H3. The van der Waals surface area contributed by atoms with Gasteiger partial charge in [-0.05, 0) is 49.1 Å². The van der Waals surface area contributed by atoms with Crippen molar-refractivity contribution in [2.75, 3.05) is 0 Å². The summed E-state index contributed by atoms with van der Waals surface area (Å²) in [5.74, 6) is 0. The molecule has 0 aromatic heterocycles. The van der Waals surface area contributed by atoms with Gasteiger partial charge < -0.3 is 5.73 Å². The molecule has 0 aliphatic rings. The fraction of sp³-hybridized carbons (Fsp3) is 0.250. The predicted octanol–water partition coefficient (Wildman–Crippen LogP) is 4.96. The molecule has 0 amide bonds. The molecule has 2 rings (SSSR count). The van der Waals surface area contributed by atoms with Crippen LogP contribution in [0, 0.1) is 13.8 Å². The first-order chi connectivity index (χ1) is 8.97. The van der Waals surface area contributed by atoms with Crippen LogP contribution in [0.3, 0.4) is 0 Å². The SMILES string of the molecule is Cc1ccc(C)c(C(N)Cc2ccc(Br)cc2Cl)c1. The summed E-state index contributed by atoms with van der Waals surface area (Å²) in [4.78, 5) is 0. The van der Waals surface area contributed by atoms with E-state index in [-0.39, 0.29) is 6.04 Å². The molecule has 0 aliphatic carbocycles. The van der Waals surface area contributed by atoms with Gasteiger partial charge in [0.1, 0.15) is 0 Å². The predicted molar refractivity (Wildman–Crippen MR) is 85.7 cm³/mol. The van der Waals surface area contributed by atoms with Crippen molar-refractivity contribution in [2.24, 2.45) is 5.73 Å². The molecule has 2 N–H and O–H groups in total. The largest absolute Gasteiger partial charge is 0.324 e. The third-order valence-electron chi connectivity index (χ3n) is 3.29. The van der Waals surface area contributed by atoms with Crippen molar-refractivity contribution in [1.29, 1.82) is 0 Å². The van der Waals surface area contributed by atoms with Crippen LogP contribution in [0.1, 0.15) is 28.3 Å². The van der Waals surface area contributed by atoms with Gasteiger partial charge in [-0.3, -0.25) is 0 Å². The van der Waals surface area contributed by atoms with Crippen molar-refractivity contribution in [3.8, 4) is 0 Å². The summed E-state index contributed by atoms with van der Waals surface area (Å²) in [5.41, 5.74) is 11.1. The van der Waals surface area contributed by atoms with Crippen molar-refractivity contribution < 1.29 is 0 Å². The Morgan fingerprint density at radius 1 is 1.16 bits per heavy atom. The quantitative estimate of drug-likeness (QED) is 0.841.